The Morgan fingerprint density at radius 2 is 2.10 bits per heavy atom. The first-order chi connectivity index (χ1) is 9.51. The Balaban J connectivity index is 2.16. The first-order valence-electron chi connectivity index (χ1n) is 6.61. The molecular formula is C15H19N3O2. The lowest BCUT2D eigenvalue weighted by molar-refractivity contribution is 0.111. The van der Waals surface area contributed by atoms with Crippen LogP contribution in [0.25, 0.3) is 0 Å². The highest BCUT2D eigenvalue weighted by atomic mass is 16.5. The van der Waals surface area contributed by atoms with Crippen LogP contribution >= 0.6 is 0 Å². The topological polar surface area (TPSA) is 57.0 Å². The molecule has 5 heteroatoms. The van der Waals surface area contributed by atoms with Crippen molar-refractivity contribution >= 4 is 6.29 Å². The molecule has 0 saturated heterocycles. The van der Waals surface area contributed by atoms with E-state index in [-0.39, 0.29) is 6.10 Å². The van der Waals surface area contributed by atoms with E-state index in [0.29, 0.717) is 18.0 Å². The fraction of sp³-hybridized carbons (Fsp3) is 0.400. The fourth-order valence-corrected chi connectivity index (χ4v) is 2.11. The van der Waals surface area contributed by atoms with Crippen molar-refractivity contribution in [2.45, 2.75) is 33.3 Å². The van der Waals surface area contributed by atoms with Crippen molar-refractivity contribution in [2.24, 2.45) is 7.05 Å². The van der Waals surface area contributed by atoms with E-state index in [1.807, 2.05) is 50.6 Å². The molecule has 5 nitrogen and oxygen atoms in total. The van der Waals surface area contributed by atoms with Crippen LogP contribution in [0.4, 0.5) is 0 Å². The molecule has 0 radical (unpaired) electrons. The molecule has 0 atom stereocenters. The summed E-state index contributed by atoms with van der Waals surface area (Å²) in [5.74, 6) is 0.528. The third-order valence-corrected chi connectivity index (χ3v) is 3.10. The zero-order valence-corrected chi connectivity index (χ0v) is 12.3. The minimum absolute atomic E-state index is 0.0841. The highest BCUT2D eigenvalue weighted by molar-refractivity contribution is 5.75. The molecule has 0 N–H and O–H groups in total. The van der Waals surface area contributed by atoms with Crippen LogP contribution in [0.1, 0.15) is 41.3 Å². The predicted octanol–water partition coefficient (Wildman–Crippen LogP) is 2.31. The minimum atomic E-state index is 0.0841. The number of rotatable bonds is 5. The van der Waals surface area contributed by atoms with Gasteiger partial charge >= 0.3 is 0 Å². The average Bonchev–Trinajstić information content (AvgIpc) is 2.66. The van der Waals surface area contributed by atoms with Crippen molar-refractivity contribution in [3.63, 3.8) is 0 Å². The van der Waals surface area contributed by atoms with Crippen molar-refractivity contribution in [3.05, 3.63) is 40.8 Å². The molecule has 0 aromatic carbocycles. The summed E-state index contributed by atoms with van der Waals surface area (Å²) in [6, 6.07) is 5.72. The number of aldehydes is 1. The van der Waals surface area contributed by atoms with Gasteiger partial charge in [-0.3, -0.25) is 4.79 Å². The van der Waals surface area contributed by atoms with Gasteiger partial charge < -0.3 is 9.30 Å². The van der Waals surface area contributed by atoms with E-state index in [4.69, 9.17) is 4.74 Å². The Bertz CT molecular complexity index is 600. The monoisotopic (exact) mass is 273 g/mol. The van der Waals surface area contributed by atoms with Gasteiger partial charge in [-0.1, -0.05) is 0 Å². The van der Waals surface area contributed by atoms with Gasteiger partial charge in [0.2, 0.25) is 5.88 Å². The first-order valence-corrected chi connectivity index (χ1v) is 6.61. The summed E-state index contributed by atoms with van der Waals surface area (Å²) >= 11 is 0. The van der Waals surface area contributed by atoms with Crippen molar-refractivity contribution in [1.82, 2.24) is 14.8 Å². The maximum absolute atomic E-state index is 11.0. The lowest BCUT2D eigenvalue weighted by Crippen LogP contribution is -2.08. The van der Waals surface area contributed by atoms with E-state index >= 15 is 0 Å². The zero-order valence-electron chi connectivity index (χ0n) is 12.3. The number of aryl methyl sites for hydroxylation is 1. The van der Waals surface area contributed by atoms with Gasteiger partial charge in [0.05, 0.1) is 17.5 Å². The van der Waals surface area contributed by atoms with Gasteiger partial charge in [0, 0.05) is 25.2 Å². The molecule has 2 heterocycles. The Kier molecular flexibility index (Phi) is 4.17. The number of hydrogen-bond acceptors (Lipinski definition) is 4. The lowest BCUT2D eigenvalue weighted by atomic mass is 10.2. The second-order valence-electron chi connectivity index (χ2n) is 5.09. The van der Waals surface area contributed by atoms with Crippen LogP contribution < -0.4 is 4.74 Å². The van der Waals surface area contributed by atoms with E-state index in [1.165, 1.54) is 0 Å². The maximum atomic E-state index is 11.0. The van der Waals surface area contributed by atoms with Gasteiger partial charge in [0.15, 0.2) is 6.29 Å². The number of carbonyl (C=O) groups excluding carboxylic acids is 1. The molecule has 0 amide bonds. The summed E-state index contributed by atoms with van der Waals surface area (Å²) in [7, 11) is 1.88. The second-order valence-corrected chi connectivity index (χ2v) is 5.09. The molecule has 2 aromatic heterocycles. The number of aromatic nitrogens is 3. The molecule has 0 aliphatic carbocycles. The molecule has 0 aliphatic rings. The van der Waals surface area contributed by atoms with Crippen molar-refractivity contribution in [1.29, 1.82) is 0 Å². The number of ether oxygens (including phenoxy) is 1. The Morgan fingerprint density at radius 1 is 1.35 bits per heavy atom. The smallest absolute Gasteiger partial charge is 0.233 e. The fourth-order valence-electron chi connectivity index (χ4n) is 2.11. The van der Waals surface area contributed by atoms with Gasteiger partial charge in [0.1, 0.15) is 0 Å². The van der Waals surface area contributed by atoms with E-state index in [2.05, 4.69) is 10.2 Å². The van der Waals surface area contributed by atoms with Crippen LogP contribution in [-0.4, -0.2) is 27.2 Å². The van der Waals surface area contributed by atoms with Crippen molar-refractivity contribution in [3.8, 4) is 5.88 Å². The van der Waals surface area contributed by atoms with Gasteiger partial charge in [-0.15, -0.1) is 5.10 Å². The highest BCUT2D eigenvalue weighted by Crippen LogP contribution is 2.16. The summed E-state index contributed by atoms with van der Waals surface area (Å²) < 4.78 is 7.35. The lowest BCUT2D eigenvalue weighted by Gasteiger charge is -2.08. The summed E-state index contributed by atoms with van der Waals surface area (Å²) in [5, 5.41) is 8.20. The van der Waals surface area contributed by atoms with Gasteiger partial charge in [-0.25, -0.2) is 0 Å². The number of carbonyl (C=O) groups is 1. The van der Waals surface area contributed by atoms with E-state index in [1.54, 1.807) is 0 Å². The number of hydrogen-bond donors (Lipinski definition) is 0. The Labute approximate surface area is 118 Å². The predicted molar refractivity (Wildman–Crippen MR) is 76.1 cm³/mol. The largest absolute Gasteiger partial charge is 0.474 e. The molecule has 2 rings (SSSR count). The number of nitrogens with zero attached hydrogens (tertiary/aromatic N) is 3. The van der Waals surface area contributed by atoms with Gasteiger partial charge in [0.25, 0.3) is 0 Å². The first kappa shape index (κ1) is 14.2. The van der Waals surface area contributed by atoms with Crippen LogP contribution in [0.2, 0.25) is 0 Å². The maximum Gasteiger partial charge on any atom is 0.233 e. The standard InChI is InChI=1S/C15H19N3O2/c1-10(2)20-15-6-5-12(16-17-15)8-13-7-11(3)14(9-19)18(13)4/h5-7,9-10H,8H2,1-4H3. The van der Waals surface area contributed by atoms with Crippen LogP contribution in [-0.2, 0) is 13.5 Å². The summed E-state index contributed by atoms with van der Waals surface area (Å²) in [6.07, 6.45) is 1.60. The molecule has 0 spiro atoms. The molecule has 20 heavy (non-hydrogen) atoms. The Morgan fingerprint density at radius 3 is 2.60 bits per heavy atom. The molecule has 0 fully saturated rings. The molecular weight excluding hydrogens is 254 g/mol. The summed E-state index contributed by atoms with van der Waals surface area (Å²) in [5.41, 5.74) is 3.56. The van der Waals surface area contributed by atoms with Crippen LogP contribution in [0.5, 0.6) is 5.88 Å². The summed E-state index contributed by atoms with van der Waals surface area (Å²) in [4.78, 5) is 11.0. The van der Waals surface area contributed by atoms with E-state index in [0.717, 1.165) is 23.2 Å². The van der Waals surface area contributed by atoms with Crippen molar-refractivity contribution < 1.29 is 9.53 Å². The molecule has 0 bridgehead atoms. The molecule has 0 aliphatic heterocycles. The average molecular weight is 273 g/mol. The van der Waals surface area contributed by atoms with Crippen molar-refractivity contribution in [2.75, 3.05) is 0 Å². The molecule has 0 unspecified atom stereocenters. The van der Waals surface area contributed by atoms with E-state index in [9.17, 15) is 4.79 Å². The van der Waals surface area contributed by atoms with Crippen LogP contribution in [0.15, 0.2) is 18.2 Å². The SMILES string of the molecule is Cc1cc(Cc2ccc(OC(C)C)nn2)n(C)c1C=O. The normalized spacial score (nSPS) is 10.8. The Hall–Kier alpha value is -2.17. The van der Waals surface area contributed by atoms with Gasteiger partial charge in [-0.05, 0) is 38.5 Å². The molecule has 0 saturated carbocycles. The van der Waals surface area contributed by atoms with Crippen LogP contribution in [0.3, 0.4) is 0 Å². The summed E-state index contributed by atoms with van der Waals surface area (Å²) in [6.45, 7) is 5.82. The van der Waals surface area contributed by atoms with E-state index < -0.39 is 0 Å². The minimum Gasteiger partial charge on any atom is -0.474 e. The molecule has 2 aromatic rings. The molecule has 106 valence electrons. The van der Waals surface area contributed by atoms with Crippen LogP contribution in [0, 0.1) is 6.92 Å². The quantitative estimate of drug-likeness (QED) is 0.784. The second kappa shape index (κ2) is 5.86. The van der Waals surface area contributed by atoms with Gasteiger partial charge in [-0.2, -0.15) is 5.10 Å². The third kappa shape index (κ3) is 3.04. The third-order valence-electron chi connectivity index (χ3n) is 3.10. The zero-order chi connectivity index (χ0) is 14.7. The highest BCUT2D eigenvalue weighted by Gasteiger charge is 2.10.